The molecular weight excluding hydrogens is 294 g/mol. The van der Waals surface area contributed by atoms with Gasteiger partial charge >= 0.3 is 5.97 Å². The molecule has 0 spiro atoms. The highest BCUT2D eigenvalue weighted by Gasteiger charge is 2.26. The van der Waals surface area contributed by atoms with Crippen LogP contribution in [-0.2, 0) is 21.4 Å². The van der Waals surface area contributed by atoms with Crippen molar-refractivity contribution in [1.29, 1.82) is 0 Å². The average Bonchev–Trinajstić information content (AvgIpc) is 2.89. The number of likely N-dealkylation sites (tertiary alicyclic amines) is 1. The molecule has 1 fully saturated rings. The van der Waals surface area contributed by atoms with Crippen molar-refractivity contribution in [2.45, 2.75) is 58.0 Å². The predicted molar refractivity (Wildman–Crippen MR) is 86.8 cm³/mol. The summed E-state index contributed by atoms with van der Waals surface area (Å²) in [6, 6.07) is 2.05. The standard InChI is InChI=1S/C17H27N3O3/c1-17(2,3)23-16(22)6-5-15(21)20-11-8-13(9-12-20)14-7-10-18-19(14)4/h7,10,13H,5-6,8-9,11-12H2,1-4H3. The van der Waals surface area contributed by atoms with E-state index < -0.39 is 5.60 Å². The summed E-state index contributed by atoms with van der Waals surface area (Å²) in [4.78, 5) is 25.8. The SMILES string of the molecule is Cn1nccc1C1CCN(C(=O)CCC(=O)OC(C)(C)C)CC1. The molecule has 2 heterocycles. The Hall–Kier alpha value is -1.85. The highest BCUT2D eigenvalue weighted by molar-refractivity contribution is 5.81. The molecule has 0 aliphatic carbocycles. The van der Waals surface area contributed by atoms with Gasteiger partial charge < -0.3 is 9.64 Å². The molecule has 2 rings (SSSR count). The Kier molecular flexibility index (Phi) is 5.44. The third kappa shape index (κ3) is 5.08. The van der Waals surface area contributed by atoms with Crippen LogP contribution in [0.1, 0.15) is 58.1 Å². The summed E-state index contributed by atoms with van der Waals surface area (Å²) in [7, 11) is 1.95. The number of hydrogen-bond donors (Lipinski definition) is 0. The largest absolute Gasteiger partial charge is 0.460 e. The van der Waals surface area contributed by atoms with Gasteiger partial charge in [0.15, 0.2) is 0 Å². The Balaban J connectivity index is 1.76. The topological polar surface area (TPSA) is 64.4 Å². The van der Waals surface area contributed by atoms with Crippen LogP contribution in [0.2, 0.25) is 0 Å². The molecule has 1 aromatic rings. The van der Waals surface area contributed by atoms with Crippen LogP contribution in [-0.4, -0.2) is 45.2 Å². The van der Waals surface area contributed by atoms with Crippen molar-refractivity contribution in [2.75, 3.05) is 13.1 Å². The first kappa shape index (κ1) is 17.5. The van der Waals surface area contributed by atoms with E-state index in [9.17, 15) is 9.59 Å². The normalized spacial score (nSPS) is 16.4. The first-order chi connectivity index (χ1) is 10.8. The van der Waals surface area contributed by atoms with Crippen LogP contribution >= 0.6 is 0 Å². The Morgan fingerprint density at radius 2 is 1.91 bits per heavy atom. The van der Waals surface area contributed by atoms with E-state index in [1.165, 1.54) is 5.69 Å². The molecule has 1 amide bonds. The molecule has 23 heavy (non-hydrogen) atoms. The van der Waals surface area contributed by atoms with Gasteiger partial charge in [0.2, 0.25) is 5.91 Å². The molecule has 6 nitrogen and oxygen atoms in total. The van der Waals surface area contributed by atoms with Crippen LogP contribution in [0.5, 0.6) is 0 Å². The number of aromatic nitrogens is 2. The fourth-order valence-corrected chi connectivity index (χ4v) is 2.97. The Morgan fingerprint density at radius 1 is 1.26 bits per heavy atom. The molecule has 6 heteroatoms. The van der Waals surface area contributed by atoms with Gasteiger partial charge in [0.1, 0.15) is 5.60 Å². The third-order valence-electron chi connectivity index (χ3n) is 4.09. The van der Waals surface area contributed by atoms with Gasteiger partial charge in [0.05, 0.1) is 6.42 Å². The van der Waals surface area contributed by atoms with Gasteiger partial charge in [-0.1, -0.05) is 0 Å². The van der Waals surface area contributed by atoms with E-state index in [0.29, 0.717) is 5.92 Å². The van der Waals surface area contributed by atoms with E-state index in [0.717, 1.165) is 25.9 Å². The summed E-state index contributed by atoms with van der Waals surface area (Å²) >= 11 is 0. The van der Waals surface area contributed by atoms with Crippen molar-refractivity contribution in [3.8, 4) is 0 Å². The van der Waals surface area contributed by atoms with Crippen molar-refractivity contribution in [1.82, 2.24) is 14.7 Å². The van der Waals surface area contributed by atoms with Crippen molar-refractivity contribution in [3.63, 3.8) is 0 Å². The molecule has 0 bridgehead atoms. The number of esters is 1. The number of carbonyl (C=O) groups is 2. The second-order valence-corrected chi connectivity index (χ2v) is 7.12. The molecular formula is C17H27N3O3. The van der Waals surface area contributed by atoms with Crippen molar-refractivity contribution in [3.05, 3.63) is 18.0 Å². The van der Waals surface area contributed by atoms with E-state index in [-0.39, 0.29) is 24.7 Å². The van der Waals surface area contributed by atoms with E-state index in [2.05, 4.69) is 5.10 Å². The first-order valence-electron chi connectivity index (χ1n) is 8.24. The second-order valence-electron chi connectivity index (χ2n) is 7.12. The lowest BCUT2D eigenvalue weighted by atomic mass is 9.93. The Labute approximate surface area is 137 Å². The summed E-state index contributed by atoms with van der Waals surface area (Å²) in [6.45, 7) is 6.97. The van der Waals surface area contributed by atoms with Gasteiger partial charge in [-0.15, -0.1) is 0 Å². The lowest BCUT2D eigenvalue weighted by Crippen LogP contribution is -2.38. The number of carbonyl (C=O) groups excluding carboxylic acids is 2. The molecule has 0 atom stereocenters. The van der Waals surface area contributed by atoms with Crippen LogP contribution in [0.25, 0.3) is 0 Å². The molecule has 1 aromatic heterocycles. The highest BCUT2D eigenvalue weighted by Crippen LogP contribution is 2.27. The number of amides is 1. The first-order valence-corrected chi connectivity index (χ1v) is 8.24. The van der Waals surface area contributed by atoms with E-state index in [1.54, 1.807) is 0 Å². The quantitative estimate of drug-likeness (QED) is 0.798. The van der Waals surface area contributed by atoms with Gasteiger partial charge in [0.25, 0.3) is 0 Å². The van der Waals surface area contributed by atoms with Crippen LogP contribution < -0.4 is 0 Å². The lowest BCUT2D eigenvalue weighted by molar-refractivity contribution is -0.156. The number of aryl methyl sites for hydroxylation is 1. The monoisotopic (exact) mass is 321 g/mol. The van der Waals surface area contributed by atoms with Crippen molar-refractivity contribution in [2.24, 2.45) is 7.05 Å². The zero-order valence-corrected chi connectivity index (χ0v) is 14.5. The fourth-order valence-electron chi connectivity index (χ4n) is 2.97. The number of piperidine rings is 1. The smallest absolute Gasteiger partial charge is 0.306 e. The van der Waals surface area contributed by atoms with Gasteiger partial charge in [-0.25, -0.2) is 0 Å². The second kappa shape index (κ2) is 7.15. The number of hydrogen-bond acceptors (Lipinski definition) is 4. The maximum atomic E-state index is 12.2. The molecule has 128 valence electrons. The average molecular weight is 321 g/mol. The fraction of sp³-hybridized carbons (Fsp3) is 0.706. The maximum Gasteiger partial charge on any atom is 0.306 e. The predicted octanol–water partition coefficient (Wildman–Crippen LogP) is 2.25. The van der Waals surface area contributed by atoms with Gasteiger partial charge in [-0.05, 0) is 39.7 Å². The van der Waals surface area contributed by atoms with E-state index in [1.807, 2.05) is 49.7 Å². The molecule has 1 aliphatic heterocycles. The van der Waals surface area contributed by atoms with Gasteiger partial charge in [0, 0.05) is 44.4 Å². The Bertz CT molecular complexity index is 552. The minimum Gasteiger partial charge on any atom is -0.460 e. The minimum atomic E-state index is -0.498. The molecule has 0 radical (unpaired) electrons. The summed E-state index contributed by atoms with van der Waals surface area (Å²) in [5.74, 6) is 0.187. The van der Waals surface area contributed by atoms with Gasteiger partial charge in [-0.2, -0.15) is 5.10 Å². The van der Waals surface area contributed by atoms with E-state index >= 15 is 0 Å². The lowest BCUT2D eigenvalue weighted by Gasteiger charge is -2.32. The van der Waals surface area contributed by atoms with Gasteiger partial charge in [-0.3, -0.25) is 14.3 Å². The van der Waals surface area contributed by atoms with Crippen LogP contribution in [0.3, 0.4) is 0 Å². The molecule has 1 saturated heterocycles. The summed E-state index contributed by atoms with van der Waals surface area (Å²) in [6.07, 6.45) is 4.08. The molecule has 0 unspecified atom stereocenters. The maximum absolute atomic E-state index is 12.2. The van der Waals surface area contributed by atoms with Crippen LogP contribution in [0.15, 0.2) is 12.3 Å². The number of rotatable bonds is 4. The zero-order chi connectivity index (χ0) is 17.0. The highest BCUT2D eigenvalue weighted by atomic mass is 16.6. The molecule has 0 saturated carbocycles. The molecule has 0 N–H and O–H groups in total. The summed E-state index contributed by atoms with van der Waals surface area (Å²) in [5, 5.41) is 4.21. The van der Waals surface area contributed by atoms with Crippen LogP contribution in [0, 0.1) is 0 Å². The molecule has 0 aromatic carbocycles. The minimum absolute atomic E-state index is 0.0410. The van der Waals surface area contributed by atoms with E-state index in [4.69, 9.17) is 4.74 Å². The van der Waals surface area contributed by atoms with Crippen molar-refractivity contribution >= 4 is 11.9 Å². The molecule has 1 aliphatic rings. The zero-order valence-electron chi connectivity index (χ0n) is 14.5. The van der Waals surface area contributed by atoms with Crippen molar-refractivity contribution < 1.29 is 14.3 Å². The number of ether oxygens (including phenoxy) is 1. The third-order valence-corrected chi connectivity index (χ3v) is 4.09. The number of nitrogens with zero attached hydrogens (tertiary/aromatic N) is 3. The van der Waals surface area contributed by atoms with Crippen LogP contribution in [0.4, 0.5) is 0 Å². The Morgan fingerprint density at radius 3 is 2.43 bits per heavy atom. The summed E-state index contributed by atoms with van der Waals surface area (Å²) < 4.78 is 7.14. The summed E-state index contributed by atoms with van der Waals surface area (Å²) in [5.41, 5.74) is 0.729.